The lowest BCUT2D eigenvalue weighted by molar-refractivity contribution is -0.909. The number of nitrogens with one attached hydrogen (secondary N) is 1. The first-order valence-electron chi connectivity index (χ1n) is 11.4. The van der Waals surface area contributed by atoms with E-state index in [0.717, 1.165) is 31.6 Å². The number of carbonyl (C=O) groups is 2. The Labute approximate surface area is 179 Å². The number of carbonyl (C=O) groups excluding carboxylic acids is 2. The SMILES string of the molecule is CC[NH+]1CCC[C@@H]1CN(Cc1cc2ccccc2n1C)C(=O)[C@@H]1CCCN1C(C)=O. The Morgan fingerprint density at radius 2 is 2.00 bits per heavy atom. The summed E-state index contributed by atoms with van der Waals surface area (Å²) in [5.41, 5.74) is 2.33. The van der Waals surface area contributed by atoms with Gasteiger partial charge in [-0.1, -0.05) is 18.2 Å². The van der Waals surface area contributed by atoms with Gasteiger partial charge in [0.05, 0.1) is 26.2 Å². The number of likely N-dealkylation sites (N-methyl/N-ethyl adjacent to an activating group) is 1. The average molecular weight is 412 g/mol. The van der Waals surface area contributed by atoms with E-state index in [1.54, 1.807) is 16.7 Å². The van der Waals surface area contributed by atoms with Gasteiger partial charge in [0.2, 0.25) is 11.8 Å². The number of benzene rings is 1. The molecule has 2 aromatic rings. The number of nitrogens with zero attached hydrogens (tertiary/aromatic N) is 3. The van der Waals surface area contributed by atoms with Crippen molar-refractivity contribution in [1.29, 1.82) is 0 Å². The monoisotopic (exact) mass is 411 g/mol. The smallest absolute Gasteiger partial charge is 0.245 e. The van der Waals surface area contributed by atoms with Gasteiger partial charge in [0.15, 0.2) is 0 Å². The van der Waals surface area contributed by atoms with E-state index < -0.39 is 0 Å². The quantitative estimate of drug-likeness (QED) is 0.785. The van der Waals surface area contributed by atoms with E-state index in [9.17, 15) is 9.59 Å². The average Bonchev–Trinajstić information content (AvgIpc) is 3.46. The van der Waals surface area contributed by atoms with Gasteiger partial charge >= 0.3 is 0 Å². The standard InChI is InChI=1S/C24H34N4O2/c1-4-26-13-7-10-20(26)16-27(24(30)23-12-8-14-28(23)18(2)29)17-21-15-19-9-5-6-11-22(19)25(21)3/h5-6,9,11,15,20,23H,4,7-8,10,12-14,16-17H2,1-3H3/p+1/t20-,23+/m1/s1. The summed E-state index contributed by atoms with van der Waals surface area (Å²) in [6.45, 7) is 8.18. The van der Waals surface area contributed by atoms with Gasteiger partial charge in [0, 0.05) is 44.6 Å². The second kappa shape index (κ2) is 8.80. The molecule has 0 saturated carbocycles. The molecule has 3 heterocycles. The predicted octanol–water partition coefficient (Wildman–Crippen LogP) is 1.59. The number of amides is 2. The number of rotatable bonds is 6. The normalized spacial score (nSPS) is 24.0. The maximum atomic E-state index is 13.7. The van der Waals surface area contributed by atoms with Crippen LogP contribution in [0.25, 0.3) is 10.9 Å². The maximum Gasteiger partial charge on any atom is 0.245 e. The summed E-state index contributed by atoms with van der Waals surface area (Å²) in [6, 6.07) is 10.7. The molecule has 4 rings (SSSR count). The molecule has 0 radical (unpaired) electrons. The molecule has 6 nitrogen and oxygen atoms in total. The molecule has 2 aliphatic heterocycles. The molecule has 162 valence electrons. The topological polar surface area (TPSA) is 50.0 Å². The Balaban J connectivity index is 1.61. The van der Waals surface area contributed by atoms with Gasteiger partial charge < -0.3 is 19.3 Å². The Kier molecular flexibility index (Phi) is 6.14. The second-order valence-corrected chi connectivity index (χ2v) is 8.94. The van der Waals surface area contributed by atoms with E-state index in [1.165, 1.54) is 30.3 Å². The molecule has 1 N–H and O–H groups in total. The number of fused-ring (bicyclic) bond motifs is 1. The van der Waals surface area contributed by atoms with Crippen LogP contribution in [-0.4, -0.2) is 64.4 Å². The first-order valence-corrected chi connectivity index (χ1v) is 11.4. The Morgan fingerprint density at radius 3 is 2.73 bits per heavy atom. The molecule has 6 heteroatoms. The number of hydrogen-bond acceptors (Lipinski definition) is 2. The zero-order chi connectivity index (χ0) is 21.3. The first-order chi connectivity index (χ1) is 14.5. The highest BCUT2D eigenvalue weighted by Gasteiger charge is 2.38. The molecule has 2 saturated heterocycles. The van der Waals surface area contributed by atoms with Gasteiger partial charge in [-0.25, -0.2) is 0 Å². The van der Waals surface area contributed by atoms with E-state index in [-0.39, 0.29) is 17.9 Å². The minimum atomic E-state index is -0.302. The molecule has 3 atom stereocenters. The van der Waals surface area contributed by atoms with Crippen molar-refractivity contribution < 1.29 is 14.5 Å². The molecule has 1 aromatic heterocycles. The van der Waals surface area contributed by atoms with Crippen molar-refractivity contribution in [3.63, 3.8) is 0 Å². The van der Waals surface area contributed by atoms with Crippen molar-refractivity contribution in [1.82, 2.24) is 14.4 Å². The van der Waals surface area contributed by atoms with Crippen LogP contribution in [-0.2, 0) is 23.2 Å². The van der Waals surface area contributed by atoms with Gasteiger partial charge in [-0.3, -0.25) is 9.59 Å². The molecular formula is C24H35N4O2+. The van der Waals surface area contributed by atoms with E-state index in [1.807, 2.05) is 4.90 Å². The highest BCUT2D eigenvalue weighted by molar-refractivity contribution is 5.88. The molecule has 0 aliphatic carbocycles. The van der Waals surface area contributed by atoms with Crippen molar-refractivity contribution in [3.05, 3.63) is 36.0 Å². The number of aryl methyl sites for hydroxylation is 1. The van der Waals surface area contributed by atoms with E-state index in [4.69, 9.17) is 0 Å². The molecule has 0 spiro atoms. The van der Waals surface area contributed by atoms with Gasteiger partial charge in [0.1, 0.15) is 12.1 Å². The van der Waals surface area contributed by atoms with Crippen LogP contribution in [0.2, 0.25) is 0 Å². The highest BCUT2D eigenvalue weighted by Crippen LogP contribution is 2.23. The van der Waals surface area contributed by atoms with Crippen LogP contribution in [0.1, 0.15) is 45.2 Å². The minimum Gasteiger partial charge on any atom is -0.346 e. The zero-order valence-corrected chi connectivity index (χ0v) is 18.6. The molecule has 2 fully saturated rings. The van der Waals surface area contributed by atoms with E-state index >= 15 is 0 Å². The molecule has 2 aliphatic rings. The largest absolute Gasteiger partial charge is 0.346 e. The summed E-state index contributed by atoms with van der Waals surface area (Å²) in [5.74, 6) is 0.132. The Morgan fingerprint density at radius 1 is 1.20 bits per heavy atom. The van der Waals surface area contributed by atoms with Crippen molar-refractivity contribution in [2.45, 2.75) is 58.2 Å². The molecule has 30 heavy (non-hydrogen) atoms. The molecule has 1 unspecified atom stereocenters. The van der Waals surface area contributed by atoms with Gasteiger partial charge in [-0.05, 0) is 37.3 Å². The second-order valence-electron chi connectivity index (χ2n) is 8.94. The summed E-state index contributed by atoms with van der Waals surface area (Å²) in [6.07, 6.45) is 4.09. The third-order valence-electron chi connectivity index (χ3n) is 7.18. The highest BCUT2D eigenvalue weighted by atomic mass is 16.2. The predicted molar refractivity (Wildman–Crippen MR) is 118 cm³/mol. The molecule has 1 aromatic carbocycles. The third kappa shape index (κ3) is 3.97. The van der Waals surface area contributed by atoms with E-state index in [2.05, 4.69) is 48.9 Å². The van der Waals surface area contributed by atoms with Crippen LogP contribution < -0.4 is 4.90 Å². The lowest BCUT2D eigenvalue weighted by atomic mass is 10.1. The third-order valence-corrected chi connectivity index (χ3v) is 7.18. The van der Waals surface area contributed by atoms with Crippen LogP contribution in [0.4, 0.5) is 0 Å². The minimum absolute atomic E-state index is 0.0112. The number of likely N-dealkylation sites (tertiary alicyclic amines) is 2. The van der Waals surface area contributed by atoms with Crippen molar-refractivity contribution >= 4 is 22.7 Å². The van der Waals surface area contributed by atoms with E-state index in [0.29, 0.717) is 19.1 Å². The zero-order valence-electron chi connectivity index (χ0n) is 18.6. The lowest BCUT2D eigenvalue weighted by Crippen LogP contribution is -3.14. The molecule has 2 amide bonds. The number of quaternary nitrogens is 1. The Bertz CT molecular complexity index is 921. The number of aromatic nitrogens is 1. The van der Waals surface area contributed by atoms with Crippen LogP contribution >= 0.6 is 0 Å². The number of hydrogen-bond donors (Lipinski definition) is 1. The Hall–Kier alpha value is -2.34. The lowest BCUT2D eigenvalue weighted by Gasteiger charge is -2.32. The molecule has 0 bridgehead atoms. The maximum absolute atomic E-state index is 13.7. The first kappa shape index (κ1) is 20.9. The van der Waals surface area contributed by atoms with Crippen molar-refractivity contribution in [2.75, 3.05) is 26.2 Å². The summed E-state index contributed by atoms with van der Waals surface area (Å²) >= 11 is 0. The van der Waals surface area contributed by atoms with Gasteiger partial charge in [-0.15, -0.1) is 0 Å². The van der Waals surface area contributed by atoms with Crippen LogP contribution in [0.5, 0.6) is 0 Å². The van der Waals surface area contributed by atoms with Crippen LogP contribution in [0, 0.1) is 0 Å². The van der Waals surface area contributed by atoms with Crippen molar-refractivity contribution in [3.8, 4) is 0 Å². The molecular weight excluding hydrogens is 376 g/mol. The fraction of sp³-hybridized carbons (Fsp3) is 0.583. The van der Waals surface area contributed by atoms with Crippen molar-refractivity contribution in [2.24, 2.45) is 7.05 Å². The summed E-state index contributed by atoms with van der Waals surface area (Å²) < 4.78 is 2.20. The van der Waals surface area contributed by atoms with Gasteiger partial charge in [-0.2, -0.15) is 0 Å². The summed E-state index contributed by atoms with van der Waals surface area (Å²) in [5, 5.41) is 1.20. The summed E-state index contributed by atoms with van der Waals surface area (Å²) in [7, 11) is 2.08. The number of para-hydroxylation sites is 1. The fourth-order valence-corrected chi connectivity index (χ4v) is 5.47. The fourth-order valence-electron chi connectivity index (χ4n) is 5.47. The van der Waals surface area contributed by atoms with Gasteiger partial charge in [0.25, 0.3) is 0 Å². The van der Waals surface area contributed by atoms with Crippen LogP contribution in [0.3, 0.4) is 0 Å². The van der Waals surface area contributed by atoms with Crippen LogP contribution in [0.15, 0.2) is 30.3 Å². The summed E-state index contributed by atoms with van der Waals surface area (Å²) in [4.78, 5) is 31.2.